The monoisotopic (exact) mass is 432 g/mol. The van der Waals surface area contributed by atoms with Crippen molar-refractivity contribution in [1.82, 2.24) is 5.32 Å². The minimum atomic E-state index is -3.67. The SMILES string of the molecule is CCc1ccc([C@H](C)NC(=O)CN(c2ccc3c(c2)OCCO3)S(=O)(=O)CC)cc1. The maximum absolute atomic E-state index is 12.7. The molecule has 8 heteroatoms. The molecule has 1 heterocycles. The molecule has 0 fully saturated rings. The Hall–Kier alpha value is -2.74. The number of rotatable bonds is 8. The Morgan fingerprint density at radius 1 is 1.07 bits per heavy atom. The van der Waals surface area contributed by atoms with Gasteiger partial charge in [0.25, 0.3) is 0 Å². The highest BCUT2D eigenvalue weighted by molar-refractivity contribution is 7.92. The van der Waals surface area contributed by atoms with Crippen molar-refractivity contribution in [2.45, 2.75) is 33.2 Å². The van der Waals surface area contributed by atoms with Gasteiger partial charge in [-0.25, -0.2) is 8.42 Å². The van der Waals surface area contributed by atoms with Gasteiger partial charge in [-0.15, -0.1) is 0 Å². The topological polar surface area (TPSA) is 84.9 Å². The molecule has 1 atom stereocenters. The first-order valence-corrected chi connectivity index (χ1v) is 11.7. The first kappa shape index (κ1) is 22.0. The summed E-state index contributed by atoms with van der Waals surface area (Å²) in [5.41, 5.74) is 2.55. The predicted molar refractivity (Wildman–Crippen MR) is 117 cm³/mol. The van der Waals surface area contributed by atoms with Gasteiger partial charge >= 0.3 is 0 Å². The van der Waals surface area contributed by atoms with Gasteiger partial charge < -0.3 is 14.8 Å². The van der Waals surface area contributed by atoms with Crippen molar-refractivity contribution in [3.8, 4) is 11.5 Å². The van der Waals surface area contributed by atoms with Gasteiger partial charge in [0.1, 0.15) is 19.8 Å². The largest absolute Gasteiger partial charge is 0.486 e. The van der Waals surface area contributed by atoms with Crippen LogP contribution < -0.4 is 19.1 Å². The zero-order chi connectivity index (χ0) is 21.7. The molecule has 162 valence electrons. The molecule has 0 spiro atoms. The highest BCUT2D eigenvalue weighted by Crippen LogP contribution is 2.34. The van der Waals surface area contributed by atoms with Crippen molar-refractivity contribution in [3.05, 3.63) is 53.6 Å². The molecule has 0 bridgehead atoms. The zero-order valence-electron chi connectivity index (χ0n) is 17.6. The number of ether oxygens (including phenoxy) is 2. The van der Waals surface area contributed by atoms with Gasteiger partial charge in [-0.1, -0.05) is 31.2 Å². The van der Waals surface area contributed by atoms with Crippen molar-refractivity contribution in [1.29, 1.82) is 0 Å². The van der Waals surface area contributed by atoms with Crippen LogP contribution in [0, 0.1) is 0 Å². The van der Waals surface area contributed by atoms with Gasteiger partial charge in [0.05, 0.1) is 17.5 Å². The number of anilines is 1. The number of benzene rings is 2. The first-order chi connectivity index (χ1) is 14.3. The number of fused-ring (bicyclic) bond motifs is 1. The Balaban J connectivity index is 1.77. The number of nitrogens with one attached hydrogen (secondary N) is 1. The summed E-state index contributed by atoms with van der Waals surface area (Å²) in [5, 5.41) is 2.89. The van der Waals surface area contributed by atoms with Gasteiger partial charge in [-0.05, 0) is 43.5 Å². The van der Waals surface area contributed by atoms with Crippen LogP contribution in [0.5, 0.6) is 11.5 Å². The normalized spacial score (nSPS) is 14.1. The van der Waals surface area contributed by atoms with E-state index in [1.165, 1.54) is 5.56 Å². The molecular formula is C22H28N2O5S. The predicted octanol–water partition coefficient (Wildman–Crippen LogP) is 3.05. The summed E-state index contributed by atoms with van der Waals surface area (Å²) in [6.07, 6.45) is 0.945. The molecule has 1 amide bonds. The van der Waals surface area contributed by atoms with Crippen molar-refractivity contribution in [2.75, 3.05) is 29.8 Å². The molecule has 1 aliphatic heterocycles. The van der Waals surface area contributed by atoms with Gasteiger partial charge in [-0.3, -0.25) is 9.10 Å². The van der Waals surface area contributed by atoms with Crippen molar-refractivity contribution in [3.63, 3.8) is 0 Å². The molecule has 0 saturated carbocycles. The van der Waals surface area contributed by atoms with E-state index in [-0.39, 0.29) is 24.2 Å². The molecule has 0 unspecified atom stereocenters. The van der Waals surface area contributed by atoms with E-state index in [2.05, 4.69) is 12.2 Å². The van der Waals surface area contributed by atoms with E-state index in [1.54, 1.807) is 25.1 Å². The third-order valence-electron chi connectivity index (χ3n) is 5.07. The van der Waals surface area contributed by atoms with Crippen LogP contribution in [0.4, 0.5) is 5.69 Å². The lowest BCUT2D eigenvalue weighted by Gasteiger charge is -2.26. The Labute approximate surface area is 178 Å². The fourth-order valence-electron chi connectivity index (χ4n) is 3.24. The molecular weight excluding hydrogens is 404 g/mol. The quantitative estimate of drug-likeness (QED) is 0.693. The maximum atomic E-state index is 12.7. The number of nitrogens with zero attached hydrogens (tertiary/aromatic N) is 1. The molecule has 0 aliphatic carbocycles. The maximum Gasteiger partial charge on any atom is 0.241 e. The van der Waals surface area contributed by atoms with E-state index in [0.29, 0.717) is 30.4 Å². The summed E-state index contributed by atoms with van der Waals surface area (Å²) in [6, 6.07) is 12.7. The lowest BCUT2D eigenvalue weighted by molar-refractivity contribution is -0.120. The molecule has 2 aromatic carbocycles. The third-order valence-corrected chi connectivity index (χ3v) is 6.81. The molecule has 1 N–H and O–H groups in total. The summed E-state index contributed by atoms with van der Waals surface area (Å²) in [5.74, 6) is 0.532. The molecule has 0 saturated heterocycles. The van der Waals surface area contributed by atoms with Gasteiger partial charge in [0, 0.05) is 6.07 Å². The van der Waals surface area contributed by atoms with E-state index in [1.807, 2.05) is 31.2 Å². The molecule has 1 aliphatic rings. The van der Waals surface area contributed by atoms with Crippen molar-refractivity contribution < 1.29 is 22.7 Å². The summed E-state index contributed by atoms with van der Waals surface area (Å²) in [6.45, 7) is 6.04. The molecule has 2 aromatic rings. The molecule has 30 heavy (non-hydrogen) atoms. The van der Waals surface area contributed by atoms with Crippen LogP contribution >= 0.6 is 0 Å². The molecule has 0 radical (unpaired) electrons. The van der Waals surface area contributed by atoms with Crippen LogP contribution in [-0.4, -0.2) is 39.8 Å². The van der Waals surface area contributed by atoms with Crippen molar-refractivity contribution >= 4 is 21.6 Å². The van der Waals surface area contributed by atoms with Gasteiger partial charge in [0.2, 0.25) is 15.9 Å². The first-order valence-electron chi connectivity index (χ1n) is 10.1. The number of carbonyl (C=O) groups excluding carboxylic acids is 1. The number of amides is 1. The van der Waals surface area contributed by atoms with Crippen LogP contribution in [0.15, 0.2) is 42.5 Å². The van der Waals surface area contributed by atoms with E-state index >= 15 is 0 Å². The molecule has 3 rings (SSSR count). The van der Waals surface area contributed by atoms with Crippen molar-refractivity contribution in [2.24, 2.45) is 0 Å². The van der Waals surface area contributed by atoms with Gasteiger partial charge in [-0.2, -0.15) is 0 Å². The Kier molecular flexibility index (Phi) is 6.87. The van der Waals surface area contributed by atoms with E-state index < -0.39 is 10.0 Å². The highest BCUT2D eigenvalue weighted by Gasteiger charge is 2.26. The Morgan fingerprint density at radius 3 is 2.37 bits per heavy atom. The minimum Gasteiger partial charge on any atom is -0.486 e. The van der Waals surface area contributed by atoms with E-state index in [9.17, 15) is 13.2 Å². The van der Waals surface area contributed by atoms with Crippen LogP contribution in [0.25, 0.3) is 0 Å². The summed E-state index contributed by atoms with van der Waals surface area (Å²) < 4.78 is 37.6. The zero-order valence-corrected chi connectivity index (χ0v) is 18.4. The summed E-state index contributed by atoms with van der Waals surface area (Å²) >= 11 is 0. The number of hydrogen-bond donors (Lipinski definition) is 1. The van der Waals surface area contributed by atoms with Crippen LogP contribution in [0.2, 0.25) is 0 Å². The molecule has 7 nitrogen and oxygen atoms in total. The number of sulfonamides is 1. The van der Waals surface area contributed by atoms with Crippen LogP contribution in [0.1, 0.15) is 37.9 Å². The third kappa shape index (κ3) is 5.05. The fraction of sp³-hybridized carbons (Fsp3) is 0.409. The smallest absolute Gasteiger partial charge is 0.241 e. The average molecular weight is 433 g/mol. The standard InChI is InChI=1S/C22H28N2O5S/c1-4-17-6-8-18(9-7-17)16(3)23-22(25)15-24(30(26,27)5-2)19-10-11-20-21(14-19)29-13-12-28-20/h6-11,14,16H,4-5,12-13,15H2,1-3H3,(H,23,25)/t16-/m0/s1. The molecule has 0 aromatic heterocycles. The van der Waals surface area contributed by atoms with E-state index in [0.717, 1.165) is 16.3 Å². The van der Waals surface area contributed by atoms with Crippen LogP contribution in [0.3, 0.4) is 0 Å². The number of carbonyl (C=O) groups is 1. The second kappa shape index (κ2) is 9.38. The second-order valence-electron chi connectivity index (χ2n) is 7.12. The Bertz CT molecular complexity index is 989. The lowest BCUT2D eigenvalue weighted by Crippen LogP contribution is -2.42. The minimum absolute atomic E-state index is 0.122. The Morgan fingerprint density at radius 2 is 1.73 bits per heavy atom. The summed E-state index contributed by atoms with van der Waals surface area (Å²) in [4.78, 5) is 12.7. The summed E-state index contributed by atoms with van der Waals surface area (Å²) in [7, 11) is -3.67. The van der Waals surface area contributed by atoms with E-state index in [4.69, 9.17) is 9.47 Å². The van der Waals surface area contributed by atoms with Crippen LogP contribution in [-0.2, 0) is 21.2 Å². The van der Waals surface area contributed by atoms with Gasteiger partial charge in [0.15, 0.2) is 11.5 Å². The number of aryl methyl sites for hydroxylation is 1. The lowest BCUT2D eigenvalue weighted by atomic mass is 10.1. The average Bonchev–Trinajstić information content (AvgIpc) is 2.77. The highest BCUT2D eigenvalue weighted by atomic mass is 32.2. The number of hydrogen-bond acceptors (Lipinski definition) is 5. The fourth-order valence-corrected chi connectivity index (χ4v) is 4.30. The second-order valence-corrected chi connectivity index (χ2v) is 9.30.